The van der Waals surface area contributed by atoms with Gasteiger partial charge in [-0.2, -0.15) is 25.8 Å². The topological polar surface area (TPSA) is 9.23 Å². The smallest absolute Gasteiger partial charge is 0.371 e. The quantitative estimate of drug-likeness (QED) is 0.689. The van der Waals surface area contributed by atoms with Gasteiger partial charge in [0.2, 0.25) is 0 Å². The molecule has 0 amide bonds. The van der Waals surface area contributed by atoms with Crippen molar-refractivity contribution in [3.05, 3.63) is 0 Å². The normalized spacial score (nSPS) is 13.3. The Morgan fingerprint density at radius 3 is 1.86 bits per heavy atom. The van der Waals surface area contributed by atoms with Crippen LogP contribution in [0.5, 0.6) is 0 Å². The van der Waals surface area contributed by atoms with Gasteiger partial charge in [-0.05, 0) is 18.6 Å². The average Bonchev–Trinajstić information content (AvgIpc) is 2.11. The van der Waals surface area contributed by atoms with E-state index in [-0.39, 0.29) is 12.0 Å². The molecule has 0 radical (unpaired) electrons. The van der Waals surface area contributed by atoms with Crippen LogP contribution in [0.2, 0.25) is 0 Å². The summed E-state index contributed by atoms with van der Waals surface area (Å²) >= 11 is 4.15. The lowest BCUT2D eigenvalue weighted by Gasteiger charge is -2.29. The Kier molecular flexibility index (Phi) is 5.90. The van der Waals surface area contributed by atoms with Crippen LogP contribution >= 0.6 is 12.6 Å². The first-order chi connectivity index (χ1) is 6.39. The summed E-state index contributed by atoms with van der Waals surface area (Å²) in [6.45, 7) is 2.85. The van der Waals surface area contributed by atoms with Gasteiger partial charge in [-0.25, -0.2) is 0 Å². The molecule has 1 nitrogen and oxygen atoms in total. The van der Waals surface area contributed by atoms with Crippen molar-refractivity contribution in [2.75, 3.05) is 19.0 Å². The lowest BCUT2D eigenvalue weighted by molar-refractivity contribution is -0.180. The number of hydrogen-bond acceptors (Lipinski definition) is 2. The fourth-order valence-corrected chi connectivity index (χ4v) is 1.65. The molecule has 0 heterocycles. The molecule has 0 aromatic heterocycles. The zero-order valence-electron chi connectivity index (χ0n) is 8.52. The summed E-state index contributed by atoms with van der Waals surface area (Å²) in [7, 11) is 0. The molecule has 0 atom stereocenters. The number of halogens is 3. The van der Waals surface area contributed by atoms with Crippen molar-refractivity contribution >= 4 is 12.6 Å². The van der Waals surface area contributed by atoms with Crippen LogP contribution in [0.15, 0.2) is 0 Å². The first-order valence-electron chi connectivity index (χ1n) is 4.64. The number of rotatable bonds is 6. The molecule has 0 aliphatic carbocycles. The average molecular weight is 230 g/mol. The maximum Gasteiger partial charge on any atom is 0.411 e. The first-order valence-corrected chi connectivity index (χ1v) is 5.27. The largest absolute Gasteiger partial charge is 0.411 e. The second-order valence-electron chi connectivity index (χ2n) is 3.47. The van der Waals surface area contributed by atoms with Crippen molar-refractivity contribution in [1.82, 2.24) is 0 Å². The Bertz CT molecular complexity index is 146. The van der Waals surface area contributed by atoms with Gasteiger partial charge in [-0.3, -0.25) is 0 Å². The summed E-state index contributed by atoms with van der Waals surface area (Å²) in [5.41, 5.74) is -0.214. The Morgan fingerprint density at radius 2 is 1.57 bits per heavy atom. The molecule has 86 valence electrons. The van der Waals surface area contributed by atoms with E-state index in [2.05, 4.69) is 17.4 Å². The highest BCUT2D eigenvalue weighted by atomic mass is 32.1. The van der Waals surface area contributed by atoms with Crippen LogP contribution in [-0.4, -0.2) is 25.1 Å². The third-order valence-corrected chi connectivity index (χ3v) is 3.18. The monoisotopic (exact) mass is 230 g/mol. The predicted molar refractivity (Wildman–Crippen MR) is 53.7 cm³/mol. The molecule has 0 rings (SSSR count). The van der Waals surface area contributed by atoms with Gasteiger partial charge in [0.15, 0.2) is 0 Å². The van der Waals surface area contributed by atoms with Crippen LogP contribution in [0.25, 0.3) is 0 Å². The third-order valence-electron chi connectivity index (χ3n) is 2.51. The van der Waals surface area contributed by atoms with Crippen molar-refractivity contribution in [2.24, 2.45) is 5.41 Å². The zero-order valence-corrected chi connectivity index (χ0v) is 9.42. The molecule has 0 aromatic carbocycles. The van der Waals surface area contributed by atoms with Gasteiger partial charge in [0, 0.05) is 5.41 Å². The Hall–Kier alpha value is 0.100. The van der Waals surface area contributed by atoms with E-state index in [0.717, 1.165) is 12.8 Å². The molecular weight excluding hydrogens is 213 g/mol. The molecule has 14 heavy (non-hydrogen) atoms. The molecule has 0 saturated carbocycles. The van der Waals surface area contributed by atoms with E-state index in [0.29, 0.717) is 5.75 Å². The molecule has 0 fully saturated rings. The number of thiol groups is 1. The molecule has 0 aliphatic heterocycles. The molecule has 0 unspecified atom stereocenters. The van der Waals surface area contributed by atoms with Crippen molar-refractivity contribution in [2.45, 2.75) is 32.9 Å². The van der Waals surface area contributed by atoms with Gasteiger partial charge in [-0.15, -0.1) is 0 Å². The minimum atomic E-state index is -4.23. The van der Waals surface area contributed by atoms with Crippen molar-refractivity contribution < 1.29 is 17.9 Å². The zero-order chi connectivity index (χ0) is 11.2. The van der Waals surface area contributed by atoms with Crippen molar-refractivity contribution in [3.8, 4) is 0 Å². The molecule has 0 bridgehead atoms. The maximum atomic E-state index is 11.8. The van der Waals surface area contributed by atoms with Gasteiger partial charge in [0.05, 0.1) is 6.61 Å². The highest BCUT2D eigenvalue weighted by molar-refractivity contribution is 7.80. The number of ether oxygens (including phenoxy) is 1. The lowest BCUT2D eigenvalue weighted by atomic mass is 9.85. The molecule has 0 saturated heterocycles. The van der Waals surface area contributed by atoms with Gasteiger partial charge in [0.1, 0.15) is 6.61 Å². The third kappa shape index (κ3) is 5.10. The summed E-state index contributed by atoms with van der Waals surface area (Å²) in [4.78, 5) is 0. The van der Waals surface area contributed by atoms with E-state index < -0.39 is 12.8 Å². The number of alkyl halides is 3. The highest BCUT2D eigenvalue weighted by Gasteiger charge is 2.30. The van der Waals surface area contributed by atoms with Crippen LogP contribution in [0.4, 0.5) is 13.2 Å². The van der Waals surface area contributed by atoms with Crippen molar-refractivity contribution in [3.63, 3.8) is 0 Å². The van der Waals surface area contributed by atoms with E-state index in [4.69, 9.17) is 0 Å². The van der Waals surface area contributed by atoms with E-state index in [1.54, 1.807) is 0 Å². The summed E-state index contributed by atoms with van der Waals surface area (Å²) < 4.78 is 40.1. The second-order valence-corrected chi connectivity index (χ2v) is 3.79. The van der Waals surface area contributed by atoms with Crippen LogP contribution in [0.1, 0.15) is 26.7 Å². The van der Waals surface area contributed by atoms with E-state index in [1.165, 1.54) is 0 Å². The van der Waals surface area contributed by atoms with Crippen LogP contribution < -0.4 is 0 Å². The van der Waals surface area contributed by atoms with E-state index >= 15 is 0 Å². The second kappa shape index (κ2) is 5.85. The highest BCUT2D eigenvalue weighted by Crippen LogP contribution is 2.28. The molecule has 0 aliphatic rings. The minimum Gasteiger partial charge on any atom is -0.371 e. The van der Waals surface area contributed by atoms with Gasteiger partial charge >= 0.3 is 6.18 Å². The summed E-state index contributed by atoms with van der Waals surface area (Å²) in [5.74, 6) is 0.553. The van der Waals surface area contributed by atoms with Gasteiger partial charge in [-0.1, -0.05) is 13.8 Å². The lowest BCUT2D eigenvalue weighted by Crippen LogP contribution is -2.30. The maximum absolute atomic E-state index is 11.8. The first kappa shape index (κ1) is 14.1. The molecule has 5 heteroatoms. The molecule has 0 spiro atoms. The fraction of sp³-hybridized carbons (Fsp3) is 1.00. The summed E-state index contributed by atoms with van der Waals surface area (Å²) in [6.07, 6.45) is -2.67. The predicted octanol–water partition coefficient (Wildman–Crippen LogP) is 3.30. The Balaban J connectivity index is 3.95. The Labute approximate surface area is 88.4 Å². The number of hydrogen-bond donors (Lipinski definition) is 1. The molecule has 0 aromatic rings. The van der Waals surface area contributed by atoms with Crippen molar-refractivity contribution in [1.29, 1.82) is 0 Å². The minimum absolute atomic E-state index is 0.128. The summed E-state index contributed by atoms with van der Waals surface area (Å²) in [6, 6.07) is 0. The van der Waals surface area contributed by atoms with E-state index in [9.17, 15) is 13.2 Å². The SMILES string of the molecule is CCC(CC)(CS)COCC(F)(F)F. The fourth-order valence-electron chi connectivity index (χ4n) is 1.11. The van der Waals surface area contributed by atoms with Crippen LogP contribution in [0.3, 0.4) is 0 Å². The van der Waals surface area contributed by atoms with Gasteiger partial charge < -0.3 is 4.74 Å². The molecular formula is C9H17F3OS. The van der Waals surface area contributed by atoms with E-state index in [1.807, 2.05) is 13.8 Å². The Morgan fingerprint density at radius 1 is 1.07 bits per heavy atom. The van der Waals surface area contributed by atoms with Crippen LogP contribution in [0, 0.1) is 5.41 Å². The summed E-state index contributed by atoms with van der Waals surface area (Å²) in [5, 5.41) is 0. The molecule has 0 N–H and O–H groups in total. The standard InChI is InChI=1S/C9H17F3OS/c1-3-8(4-2,7-14)5-13-6-9(10,11)12/h14H,3-7H2,1-2H3. The van der Waals surface area contributed by atoms with Gasteiger partial charge in [0.25, 0.3) is 0 Å². The van der Waals surface area contributed by atoms with Crippen LogP contribution in [-0.2, 0) is 4.74 Å².